The fourth-order valence-corrected chi connectivity index (χ4v) is 0.794. The van der Waals surface area contributed by atoms with E-state index in [-0.39, 0.29) is 4.94 Å². The number of hydrogen-bond acceptors (Lipinski definition) is 3. The molecular formula is C3H6F3NO3S. The molecule has 8 heteroatoms. The van der Waals surface area contributed by atoms with Gasteiger partial charge in [0.2, 0.25) is 0 Å². The molecule has 0 aromatic heterocycles. The number of sulfonamides is 1. The van der Waals surface area contributed by atoms with Gasteiger partial charge in [-0.3, -0.25) is 0 Å². The van der Waals surface area contributed by atoms with E-state index in [0.29, 0.717) is 0 Å². The topological polar surface area (TPSA) is 66.4 Å². The van der Waals surface area contributed by atoms with Gasteiger partial charge in [0.1, 0.15) is 0 Å². The molecule has 0 bridgehead atoms. The number of hydrogen-bond donors (Lipinski definition) is 2. The van der Waals surface area contributed by atoms with Gasteiger partial charge < -0.3 is 5.11 Å². The van der Waals surface area contributed by atoms with E-state index in [1.165, 1.54) is 0 Å². The van der Waals surface area contributed by atoms with Gasteiger partial charge in [0, 0.05) is 6.61 Å². The molecule has 4 nitrogen and oxygen atoms in total. The van der Waals surface area contributed by atoms with Gasteiger partial charge in [-0.15, -0.1) is 4.48 Å². The maximum atomic E-state index is 12.2. The second kappa shape index (κ2) is 3.37. The molecule has 0 rings (SSSR count). The summed E-state index contributed by atoms with van der Waals surface area (Å²) in [6, 6.07) is 0. The molecule has 68 valence electrons. The Hall–Kier alpha value is -0.340. The predicted molar refractivity (Wildman–Crippen MR) is 29.8 cm³/mol. The highest BCUT2D eigenvalue weighted by molar-refractivity contribution is 7.90. The van der Waals surface area contributed by atoms with Crippen LogP contribution in [0.5, 0.6) is 0 Å². The van der Waals surface area contributed by atoms with Gasteiger partial charge in [-0.2, -0.15) is 8.78 Å². The zero-order valence-electron chi connectivity index (χ0n) is 5.22. The van der Waals surface area contributed by atoms with Gasteiger partial charge in [0.05, 0.1) is 6.42 Å². The number of nitrogens with one attached hydrogen (secondary N) is 1. The van der Waals surface area contributed by atoms with Crippen molar-refractivity contribution in [1.29, 1.82) is 0 Å². The fraction of sp³-hybridized carbons (Fsp3) is 1.00. The Balaban J connectivity index is 4.55. The smallest absolute Gasteiger partial charge is 0.363 e. The highest BCUT2D eigenvalue weighted by Gasteiger charge is 2.44. The first-order chi connectivity index (χ1) is 4.87. The molecule has 0 fully saturated rings. The summed E-state index contributed by atoms with van der Waals surface area (Å²) in [5.41, 5.74) is 0. The predicted octanol–water partition coefficient (Wildman–Crippen LogP) is -0.234. The summed E-state index contributed by atoms with van der Waals surface area (Å²) < 4.78 is 55.6. The van der Waals surface area contributed by atoms with Gasteiger partial charge in [-0.25, -0.2) is 8.42 Å². The van der Waals surface area contributed by atoms with Gasteiger partial charge in [0.25, 0.3) is 0 Å². The van der Waals surface area contributed by atoms with Gasteiger partial charge in [-0.05, 0) is 4.94 Å². The molecule has 0 spiro atoms. The van der Waals surface area contributed by atoms with Crippen molar-refractivity contribution in [3.05, 3.63) is 0 Å². The molecule has 0 aliphatic heterocycles. The third-order valence-corrected chi connectivity index (χ3v) is 2.09. The van der Waals surface area contributed by atoms with Crippen molar-refractivity contribution >= 4 is 10.0 Å². The van der Waals surface area contributed by atoms with E-state index < -0.39 is 28.3 Å². The Labute approximate surface area is 61.0 Å². The lowest BCUT2D eigenvalue weighted by Crippen LogP contribution is -2.36. The maximum absolute atomic E-state index is 12.2. The fourth-order valence-electron chi connectivity index (χ4n) is 0.321. The average molecular weight is 193 g/mol. The number of halogens is 3. The molecule has 0 heterocycles. The Morgan fingerprint density at radius 1 is 1.45 bits per heavy atom. The zero-order valence-corrected chi connectivity index (χ0v) is 6.04. The van der Waals surface area contributed by atoms with Crippen molar-refractivity contribution < 1.29 is 26.8 Å². The molecule has 0 atom stereocenters. The number of alkyl halides is 2. The van der Waals surface area contributed by atoms with Crippen molar-refractivity contribution in [3.8, 4) is 0 Å². The third kappa shape index (κ3) is 2.31. The van der Waals surface area contributed by atoms with Crippen LogP contribution in [-0.2, 0) is 10.0 Å². The number of aliphatic hydroxyl groups excluding tert-OH is 1. The van der Waals surface area contributed by atoms with Crippen LogP contribution in [0.4, 0.5) is 13.3 Å². The SMILES string of the molecule is O=S(=O)(NF)C(F)(F)CCO. The van der Waals surface area contributed by atoms with Gasteiger partial charge in [0.15, 0.2) is 0 Å². The molecule has 0 aliphatic carbocycles. The molecule has 0 aliphatic rings. The Morgan fingerprint density at radius 3 is 2.18 bits per heavy atom. The molecule has 0 aromatic carbocycles. The van der Waals surface area contributed by atoms with Crippen molar-refractivity contribution in [2.45, 2.75) is 11.7 Å². The Bertz CT molecular complexity index is 214. The summed E-state index contributed by atoms with van der Waals surface area (Å²) in [7, 11) is -5.27. The quantitative estimate of drug-likeness (QED) is 0.606. The van der Waals surface area contributed by atoms with E-state index in [9.17, 15) is 21.7 Å². The molecule has 2 N–H and O–H groups in total. The highest BCUT2D eigenvalue weighted by Crippen LogP contribution is 2.23. The summed E-state index contributed by atoms with van der Waals surface area (Å²) in [5.74, 6) is 0. The first-order valence-electron chi connectivity index (χ1n) is 2.48. The zero-order chi connectivity index (χ0) is 9.12. The van der Waals surface area contributed by atoms with Crippen LogP contribution in [0.1, 0.15) is 6.42 Å². The van der Waals surface area contributed by atoms with Gasteiger partial charge >= 0.3 is 15.3 Å². The average Bonchev–Trinajstić information content (AvgIpc) is 1.87. The number of aliphatic hydroxyl groups is 1. The minimum absolute atomic E-state index is 0.0225. The highest BCUT2D eigenvalue weighted by atomic mass is 32.2. The van der Waals surface area contributed by atoms with E-state index in [2.05, 4.69) is 0 Å². The van der Waals surface area contributed by atoms with E-state index in [4.69, 9.17) is 5.11 Å². The van der Waals surface area contributed by atoms with Crippen molar-refractivity contribution in [1.82, 2.24) is 4.94 Å². The molecule has 0 saturated heterocycles. The van der Waals surface area contributed by atoms with Crippen molar-refractivity contribution in [2.75, 3.05) is 6.61 Å². The molecule has 0 saturated carbocycles. The van der Waals surface area contributed by atoms with Crippen molar-refractivity contribution in [2.24, 2.45) is 0 Å². The van der Waals surface area contributed by atoms with E-state index in [1.54, 1.807) is 0 Å². The van der Waals surface area contributed by atoms with E-state index >= 15 is 0 Å². The molecule has 11 heavy (non-hydrogen) atoms. The minimum Gasteiger partial charge on any atom is -0.396 e. The summed E-state index contributed by atoms with van der Waals surface area (Å²) in [6.45, 7) is -1.03. The van der Waals surface area contributed by atoms with Crippen LogP contribution in [0.25, 0.3) is 0 Å². The standard InChI is InChI=1S/C3H6F3NO3S/c4-3(5,1-2-8)11(9,10)7-6/h7-8H,1-2H2. The monoisotopic (exact) mass is 193 g/mol. The molecule has 0 aromatic rings. The minimum atomic E-state index is -5.27. The lowest BCUT2D eigenvalue weighted by atomic mass is 10.5. The summed E-state index contributed by atoms with van der Waals surface area (Å²) >= 11 is 0. The second-order valence-electron chi connectivity index (χ2n) is 1.69. The van der Waals surface area contributed by atoms with Crippen LogP contribution >= 0.6 is 0 Å². The number of rotatable bonds is 4. The third-order valence-electron chi connectivity index (χ3n) is 0.898. The lowest BCUT2D eigenvalue weighted by Gasteiger charge is -2.12. The molecule has 0 radical (unpaired) electrons. The Kier molecular flexibility index (Phi) is 3.27. The van der Waals surface area contributed by atoms with E-state index in [0.717, 1.165) is 0 Å². The van der Waals surface area contributed by atoms with Crippen LogP contribution < -0.4 is 4.94 Å². The van der Waals surface area contributed by atoms with Crippen molar-refractivity contribution in [3.63, 3.8) is 0 Å². The first kappa shape index (κ1) is 10.7. The maximum Gasteiger partial charge on any atom is 0.363 e. The molecule has 0 unspecified atom stereocenters. The van der Waals surface area contributed by atoms with Crippen LogP contribution in [0.2, 0.25) is 0 Å². The van der Waals surface area contributed by atoms with Crippen LogP contribution in [-0.4, -0.2) is 25.4 Å². The van der Waals surface area contributed by atoms with Crippen LogP contribution in [0.3, 0.4) is 0 Å². The summed E-state index contributed by atoms with van der Waals surface area (Å²) in [5, 5.41) is 3.70. The van der Waals surface area contributed by atoms with Gasteiger partial charge in [-0.1, -0.05) is 0 Å². The summed E-state index contributed by atoms with van der Waals surface area (Å²) in [4.78, 5) is -0.0225. The molecular weight excluding hydrogens is 187 g/mol. The summed E-state index contributed by atoms with van der Waals surface area (Å²) in [6.07, 6.45) is -1.33. The largest absolute Gasteiger partial charge is 0.396 e. The van der Waals surface area contributed by atoms with Crippen LogP contribution in [0, 0.1) is 0 Å². The lowest BCUT2D eigenvalue weighted by molar-refractivity contribution is 0.0568. The van der Waals surface area contributed by atoms with E-state index in [1.807, 2.05) is 0 Å². The second-order valence-corrected chi connectivity index (χ2v) is 3.45. The molecule has 0 amide bonds. The van der Waals surface area contributed by atoms with Crippen LogP contribution in [0.15, 0.2) is 0 Å². The first-order valence-corrected chi connectivity index (χ1v) is 3.96. The Morgan fingerprint density at radius 2 is 1.91 bits per heavy atom. The normalized spacial score (nSPS) is 13.5.